The highest BCUT2D eigenvalue weighted by Gasteiger charge is 2.33. The van der Waals surface area contributed by atoms with Gasteiger partial charge in [-0.2, -0.15) is 0 Å². The second-order valence-corrected chi connectivity index (χ2v) is 5.68. The van der Waals surface area contributed by atoms with Crippen LogP contribution >= 0.6 is 11.6 Å². The predicted octanol–water partition coefficient (Wildman–Crippen LogP) is 2.97. The molecule has 1 atom stereocenters. The molecule has 1 aromatic heterocycles. The molecule has 1 aliphatic heterocycles. The molecular weight excluding hydrogens is 316 g/mol. The van der Waals surface area contributed by atoms with E-state index >= 15 is 0 Å². The van der Waals surface area contributed by atoms with Gasteiger partial charge in [-0.05, 0) is 36.4 Å². The van der Waals surface area contributed by atoms with Gasteiger partial charge in [0.15, 0.2) is 6.10 Å². The van der Waals surface area contributed by atoms with E-state index in [1.807, 2.05) is 18.2 Å². The van der Waals surface area contributed by atoms with Gasteiger partial charge in [-0.1, -0.05) is 17.7 Å². The van der Waals surface area contributed by atoms with E-state index in [0.717, 1.165) is 5.69 Å². The smallest absolute Gasteiger partial charge is 0.306 e. The van der Waals surface area contributed by atoms with Gasteiger partial charge < -0.3 is 9.64 Å². The van der Waals surface area contributed by atoms with E-state index in [1.54, 1.807) is 35.4 Å². The Morgan fingerprint density at radius 1 is 1.26 bits per heavy atom. The van der Waals surface area contributed by atoms with Gasteiger partial charge in [0, 0.05) is 29.7 Å². The maximum absolute atomic E-state index is 12.8. The topological polar surface area (TPSA) is 59.5 Å². The molecule has 0 radical (unpaired) electrons. The van der Waals surface area contributed by atoms with Crippen LogP contribution in [0.2, 0.25) is 5.02 Å². The normalized spacial score (nSPS) is 16.9. The first-order chi connectivity index (χ1) is 11.1. The van der Waals surface area contributed by atoms with Gasteiger partial charge in [0.25, 0.3) is 5.91 Å². The van der Waals surface area contributed by atoms with Crippen molar-refractivity contribution < 1.29 is 14.3 Å². The third-order valence-corrected chi connectivity index (χ3v) is 3.86. The summed E-state index contributed by atoms with van der Waals surface area (Å²) in [5.74, 6) is -0.582. The number of esters is 1. The summed E-state index contributed by atoms with van der Waals surface area (Å²) in [5, 5.41) is 0.589. The molecule has 0 unspecified atom stereocenters. The fourth-order valence-electron chi connectivity index (χ4n) is 2.44. The predicted molar refractivity (Wildman–Crippen MR) is 86.0 cm³/mol. The fraction of sp³-hybridized carbons (Fsp3) is 0.235. The monoisotopic (exact) mass is 330 g/mol. The number of ether oxygens (including phenoxy) is 1. The summed E-state index contributed by atoms with van der Waals surface area (Å²) in [6.07, 6.45) is 1.62. The number of halogens is 1. The van der Waals surface area contributed by atoms with Crippen molar-refractivity contribution in [3.63, 3.8) is 0 Å². The van der Waals surface area contributed by atoms with E-state index in [4.69, 9.17) is 16.3 Å². The van der Waals surface area contributed by atoms with Crippen LogP contribution in [0.4, 0.5) is 5.69 Å². The first-order valence-electron chi connectivity index (χ1n) is 7.30. The number of anilines is 1. The first-order valence-corrected chi connectivity index (χ1v) is 7.67. The summed E-state index contributed by atoms with van der Waals surface area (Å²) in [4.78, 5) is 29.9. The minimum absolute atomic E-state index is 0.246. The molecule has 0 N–H and O–H groups in total. The minimum atomic E-state index is -0.734. The number of benzene rings is 1. The second kappa shape index (κ2) is 6.79. The molecule has 0 aliphatic carbocycles. The van der Waals surface area contributed by atoms with E-state index in [9.17, 15) is 9.59 Å². The van der Waals surface area contributed by atoms with Crippen LogP contribution in [0, 0.1) is 0 Å². The number of pyridine rings is 1. The summed E-state index contributed by atoms with van der Waals surface area (Å²) in [6.45, 7) is 0.301. The standard InChI is InChI=1S/C17H15ClN2O3/c18-12-4-6-14(7-5-12)20(11-13-3-1-2-10-19-13)17(22)15-8-9-16(21)23-15/h1-7,10,15H,8-9,11H2/t15-/m1/s1. The summed E-state index contributed by atoms with van der Waals surface area (Å²) in [6, 6.07) is 12.5. The van der Waals surface area contributed by atoms with Gasteiger partial charge in [-0.25, -0.2) is 0 Å². The third-order valence-electron chi connectivity index (χ3n) is 3.61. The van der Waals surface area contributed by atoms with Gasteiger partial charge in [0.2, 0.25) is 0 Å². The molecule has 6 heteroatoms. The van der Waals surface area contributed by atoms with Crippen molar-refractivity contribution >= 4 is 29.2 Å². The Labute approximate surface area is 138 Å². The van der Waals surface area contributed by atoms with Gasteiger partial charge in [0.05, 0.1) is 12.2 Å². The largest absolute Gasteiger partial charge is 0.452 e. The number of hydrogen-bond donors (Lipinski definition) is 0. The molecule has 2 heterocycles. The Kier molecular flexibility index (Phi) is 4.57. The maximum Gasteiger partial charge on any atom is 0.306 e. The number of hydrogen-bond acceptors (Lipinski definition) is 4. The minimum Gasteiger partial charge on any atom is -0.452 e. The van der Waals surface area contributed by atoms with E-state index in [-0.39, 0.29) is 18.3 Å². The Bertz CT molecular complexity index is 704. The molecule has 2 aromatic rings. The Morgan fingerprint density at radius 3 is 2.65 bits per heavy atom. The van der Waals surface area contributed by atoms with Gasteiger partial charge in [-0.3, -0.25) is 14.6 Å². The van der Waals surface area contributed by atoms with E-state index < -0.39 is 6.10 Å². The zero-order chi connectivity index (χ0) is 16.2. The molecule has 5 nitrogen and oxygen atoms in total. The molecule has 1 fully saturated rings. The molecular formula is C17H15ClN2O3. The van der Waals surface area contributed by atoms with Crippen LogP contribution in [0.3, 0.4) is 0 Å². The van der Waals surface area contributed by atoms with E-state index in [0.29, 0.717) is 23.7 Å². The average molecular weight is 331 g/mol. The van der Waals surface area contributed by atoms with Crippen LogP contribution in [0.15, 0.2) is 48.7 Å². The van der Waals surface area contributed by atoms with Crippen molar-refractivity contribution in [2.75, 3.05) is 4.90 Å². The SMILES string of the molecule is O=C1CC[C@H](C(=O)N(Cc2ccccn2)c2ccc(Cl)cc2)O1. The Morgan fingerprint density at radius 2 is 2.04 bits per heavy atom. The quantitative estimate of drug-likeness (QED) is 0.809. The molecule has 118 valence electrons. The number of amides is 1. The van der Waals surface area contributed by atoms with Crippen LogP contribution in [-0.4, -0.2) is 23.0 Å². The fourth-order valence-corrected chi connectivity index (χ4v) is 2.57. The molecule has 1 saturated heterocycles. The van der Waals surface area contributed by atoms with Crippen molar-refractivity contribution in [3.8, 4) is 0 Å². The van der Waals surface area contributed by atoms with Crippen molar-refractivity contribution in [1.29, 1.82) is 0 Å². The molecule has 1 amide bonds. The molecule has 0 spiro atoms. The number of aromatic nitrogens is 1. The lowest BCUT2D eigenvalue weighted by atomic mass is 10.2. The molecule has 0 saturated carbocycles. The van der Waals surface area contributed by atoms with Crippen molar-refractivity contribution in [3.05, 3.63) is 59.4 Å². The number of carbonyl (C=O) groups excluding carboxylic acids is 2. The summed E-state index contributed by atoms with van der Waals surface area (Å²) < 4.78 is 5.11. The molecule has 3 rings (SSSR count). The lowest BCUT2D eigenvalue weighted by molar-refractivity contribution is -0.147. The van der Waals surface area contributed by atoms with Gasteiger partial charge >= 0.3 is 5.97 Å². The lowest BCUT2D eigenvalue weighted by Gasteiger charge is -2.25. The van der Waals surface area contributed by atoms with Crippen LogP contribution in [0.5, 0.6) is 0 Å². The van der Waals surface area contributed by atoms with Crippen LogP contribution < -0.4 is 4.90 Å². The lowest BCUT2D eigenvalue weighted by Crippen LogP contribution is -2.39. The maximum atomic E-state index is 12.8. The highest BCUT2D eigenvalue weighted by atomic mass is 35.5. The zero-order valence-electron chi connectivity index (χ0n) is 12.3. The summed E-state index contributed by atoms with van der Waals surface area (Å²) in [5.41, 5.74) is 1.44. The average Bonchev–Trinajstić information content (AvgIpc) is 3.00. The van der Waals surface area contributed by atoms with Gasteiger partial charge in [0.1, 0.15) is 0 Å². The number of nitrogens with zero attached hydrogens (tertiary/aromatic N) is 2. The van der Waals surface area contributed by atoms with Crippen molar-refractivity contribution in [1.82, 2.24) is 4.98 Å². The van der Waals surface area contributed by atoms with Crippen LogP contribution in [-0.2, 0) is 20.9 Å². The van der Waals surface area contributed by atoms with Crippen LogP contribution in [0.1, 0.15) is 18.5 Å². The molecule has 1 aromatic carbocycles. The highest BCUT2D eigenvalue weighted by molar-refractivity contribution is 6.30. The summed E-state index contributed by atoms with van der Waals surface area (Å²) >= 11 is 5.92. The number of rotatable bonds is 4. The molecule has 23 heavy (non-hydrogen) atoms. The number of carbonyl (C=O) groups is 2. The Balaban J connectivity index is 1.87. The van der Waals surface area contributed by atoms with Crippen LogP contribution in [0.25, 0.3) is 0 Å². The highest BCUT2D eigenvalue weighted by Crippen LogP contribution is 2.24. The number of cyclic esters (lactones) is 1. The van der Waals surface area contributed by atoms with Crippen molar-refractivity contribution in [2.24, 2.45) is 0 Å². The third kappa shape index (κ3) is 3.68. The van der Waals surface area contributed by atoms with Gasteiger partial charge in [-0.15, -0.1) is 0 Å². The summed E-state index contributed by atoms with van der Waals surface area (Å²) in [7, 11) is 0. The van der Waals surface area contributed by atoms with E-state index in [1.165, 1.54) is 0 Å². The molecule has 1 aliphatic rings. The molecule has 0 bridgehead atoms. The zero-order valence-corrected chi connectivity index (χ0v) is 13.1. The van der Waals surface area contributed by atoms with E-state index in [2.05, 4.69) is 4.98 Å². The Hall–Kier alpha value is -2.40. The van der Waals surface area contributed by atoms with Crippen molar-refractivity contribution in [2.45, 2.75) is 25.5 Å². The first kappa shape index (κ1) is 15.5. The second-order valence-electron chi connectivity index (χ2n) is 5.24.